The van der Waals surface area contributed by atoms with Crippen molar-refractivity contribution in [2.45, 2.75) is 34.1 Å². The summed E-state index contributed by atoms with van der Waals surface area (Å²) in [5.41, 5.74) is 1.27. The Morgan fingerprint density at radius 3 is 1.67 bits per heavy atom. The largest absolute Gasteiger partial charge is 0.295 e. The zero-order chi connectivity index (χ0) is 13.9. The van der Waals surface area contributed by atoms with Crippen LogP contribution in [0.3, 0.4) is 0 Å². The highest BCUT2D eigenvalue weighted by molar-refractivity contribution is 6.05. The number of carbonyl (C=O) groups is 3. The molecule has 0 aliphatic heterocycles. The van der Waals surface area contributed by atoms with Gasteiger partial charge in [0.1, 0.15) is 0 Å². The maximum atomic E-state index is 12.1. The molecule has 0 aliphatic carbocycles. The molecule has 0 N–H and O–H groups in total. The second-order valence-corrected chi connectivity index (χ2v) is 4.58. The number of benzene rings is 1. The number of Topliss-reactive ketones (excluding diaryl/α,β-unsaturated/α-hetero) is 3. The van der Waals surface area contributed by atoms with Gasteiger partial charge < -0.3 is 0 Å². The minimum Gasteiger partial charge on any atom is -0.295 e. The average molecular weight is 246 g/mol. The van der Waals surface area contributed by atoms with Gasteiger partial charge in [-0.15, -0.1) is 0 Å². The summed E-state index contributed by atoms with van der Waals surface area (Å²) in [4.78, 5) is 34.9. The van der Waals surface area contributed by atoms with Crippen molar-refractivity contribution in [2.75, 3.05) is 0 Å². The molecule has 3 heteroatoms. The lowest BCUT2D eigenvalue weighted by Crippen LogP contribution is -2.12. The highest BCUT2D eigenvalue weighted by Crippen LogP contribution is 2.17. The lowest BCUT2D eigenvalue weighted by molar-refractivity contribution is 0.0927. The van der Waals surface area contributed by atoms with Gasteiger partial charge in [-0.3, -0.25) is 14.4 Å². The van der Waals surface area contributed by atoms with E-state index in [9.17, 15) is 14.4 Å². The lowest BCUT2D eigenvalue weighted by atomic mass is 9.93. The van der Waals surface area contributed by atoms with Gasteiger partial charge in [0, 0.05) is 22.6 Å². The van der Waals surface area contributed by atoms with Crippen LogP contribution in [0, 0.1) is 5.92 Å². The van der Waals surface area contributed by atoms with Crippen LogP contribution in [-0.2, 0) is 0 Å². The highest BCUT2D eigenvalue weighted by Gasteiger charge is 2.16. The fourth-order valence-corrected chi connectivity index (χ4v) is 1.65. The molecule has 96 valence electrons. The zero-order valence-electron chi connectivity index (χ0n) is 11.2. The predicted octanol–water partition coefficient (Wildman–Crippen LogP) is 3.32. The van der Waals surface area contributed by atoms with E-state index in [2.05, 4.69) is 0 Å². The fourth-order valence-electron chi connectivity index (χ4n) is 1.65. The van der Waals surface area contributed by atoms with Gasteiger partial charge in [0.15, 0.2) is 17.3 Å². The summed E-state index contributed by atoms with van der Waals surface area (Å²) in [6.45, 7) is 6.63. The van der Waals surface area contributed by atoms with Crippen molar-refractivity contribution in [3.8, 4) is 0 Å². The SMILES string of the molecule is CCC(C)C(=O)c1cc(C(C)=O)cc(C(C)=O)c1. The molecule has 0 aromatic heterocycles. The maximum absolute atomic E-state index is 12.1. The summed E-state index contributed by atoms with van der Waals surface area (Å²) in [7, 11) is 0. The normalized spacial score (nSPS) is 12.0. The minimum atomic E-state index is -0.142. The smallest absolute Gasteiger partial charge is 0.165 e. The summed E-state index contributed by atoms with van der Waals surface area (Å²) >= 11 is 0. The number of hydrogen-bond donors (Lipinski definition) is 0. The molecule has 0 heterocycles. The molecule has 3 nitrogen and oxygen atoms in total. The quantitative estimate of drug-likeness (QED) is 0.749. The first-order chi connectivity index (χ1) is 8.36. The van der Waals surface area contributed by atoms with Gasteiger partial charge in [-0.25, -0.2) is 0 Å². The van der Waals surface area contributed by atoms with Crippen LogP contribution in [0.5, 0.6) is 0 Å². The molecular formula is C15H18O3. The van der Waals surface area contributed by atoms with Gasteiger partial charge in [-0.05, 0) is 38.5 Å². The van der Waals surface area contributed by atoms with Crippen LogP contribution in [0.2, 0.25) is 0 Å². The van der Waals surface area contributed by atoms with Crippen LogP contribution >= 0.6 is 0 Å². The van der Waals surface area contributed by atoms with Gasteiger partial charge in [-0.2, -0.15) is 0 Å². The van der Waals surface area contributed by atoms with Gasteiger partial charge >= 0.3 is 0 Å². The van der Waals surface area contributed by atoms with Gasteiger partial charge in [-0.1, -0.05) is 13.8 Å². The molecule has 18 heavy (non-hydrogen) atoms. The van der Waals surface area contributed by atoms with Crippen molar-refractivity contribution < 1.29 is 14.4 Å². The molecule has 0 fully saturated rings. The molecule has 1 atom stereocenters. The molecule has 0 saturated carbocycles. The highest BCUT2D eigenvalue weighted by atomic mass is 16.1. The third kappa shape index (κ3) is 3.13. The van der Waals surface area contributed by atoms with Crippen molar-refractivity contribution in [2.24, 2.45) is 5.92 Å². The van der Waals surface area contributed by atoms with Crippen molar-refractivity contribution in [3.63, 3.8) is 0 Å². The van der Waals surface area contributed by atoms with Gasteiger partial charge in [0.2, 0.25) is 0 Å². The van der Waals surface area contributed by atoms with E-state index in [0.29, 0.717) is 16.7 Å². The fraction of sp³-hybridized carbons (Fsp3) is 0.400. The minimum absolute atomic E-state index is 0.0249. The van der Waals surface area contributed by atoms with Crippen molar-refractivity contribution in [1.82, 2.24) is 0 Å². The number of hydrogen-bond acceptors (Lipinski definition) is 3. The van der Waals surface area contributed by atoms with Crippen LogP contribution in [-0.4, -0.2) is 17.3 Å². The van der Waals surface area contributed by atoms with E-state index in [4.69, 9.17) is 0 Å². The molecule has 0 aliphatic rings. The summed E-state index contributed by atoms with van der Waals surface area (Å²) in [5.74, 6) is -0.414. The van der Waals surface area contributed by atoms with Crippen LogP contribution in [0.15, 0.2) is 18.2 Å². The monoisotopic (exact) mass is 246 g/mol. The van der Waals surface area contributed by atoms with Gasteiger partial charge in [0.05, 0.1) is 0 Å². The summed E-state index contributed by atoms with van der Waals surface area (Å²) in [6, 6.07) is 4.69. The standard InChI is InChI=1S/C15H18O3/c1-5-9(2)15(18)14-7-12(10(3)16)6-13(8-14)11(4)17/h6-9H,5H2,1-4H3. The Kier molecular flexibility index (Phi) is 4.54. The Labute approximate surface area is 107 Å². The molecular weight excluding hydrogens is 228 g/mol. The number of carbonyl (C=O) groups excluding carboxylic acids is 3. The Bertz CT molecular complexity index is 468. The van der Waals surface area contributed by atoms with Crippen molar-refractivity contribution in [1.29, 1.82) is 0 Å². The van der Waals surface area contributed by atoms with Crippen LogP contribution in [0.4, 0.5) is 0 Å². The molecule has 0 spiro atoms. The van der Waals surface area contributed by atoms with Crippen LogP contribution in [0.25, 0.3) is 0 Å². The first-order valence-corrected chi connectivity index (χ1v) is 6.08. The third-order valence-electron chi connectivity index (χ3n) is 3.09. The summed E-state index contributed by atoms with van der Waals surface area (Å²) in [5, 5.41) is 0. The lowest BCUT2D eigenvalue weighted by Gasteiger charge is -2.10. The molecule has 1 aromatic carbocycles. The van der Waals surface area contributed by atoms with E-state index < -0.39 is 0 Å². The van der Waals surface area contributed by atoms with E-state index in [1.807, 2.05) is 13.8 Å². The molecule has 1 rings (SSSR count). The molecule has 0 radical (unpaired) electrons. The Morgan fingerprint density at radius 2 is 1.33 bits per heavy atom. The Balaban J connectivity index is 3.31. The van der Waals surface area contributed by atoms with E-state index in [1.54, 1.807) is 12.1 Å². The Morgan fingerprint density at radius 1 is 0.944 bits per heavy atom. The second kappa shape index (κ2) is 5.71. The van der Waals surface area contributed by atoms with E-state index in [-0.39, 0.29) is 23.3 Å². The first kappa shape index (κ1) is 14.3. The first-order valence-electron chi connectivity index (χ1n) is 6.08. The molecule has 0 saturated heterocycles. The van der Waals surface area contributed by atoms with Crippen LogP contribution < -0.4 is 0 Å². The number of ketones is 3. The molecule has 0 bridgehead atoms. The van der Waals surface area contributed by atoms with Gasteiger partial charge in [0.25, 0.3) is 0 Å². The third-order valence-corrected chi connectivity index (χ3v) is 3.09. The molecule has 0 amide bonds. The van der Waals surface area contributed by atoms with E-state index in [1.165, 1.54) is 19.9 Å². The summed E-state index contributed by atoms with van der Waals surface area (Å²) < 4.78 is 0. The predicted molar refractivity (Wildman–Crippen MR) is 70.2 cm³/mol. The zero-order valence-corrected chi connectivity index (χ0v) is 11.2. The molecule has 1 aromatic rings. The van der Waals surface area contributed by atoms with E-state index in [0.717, 1.165) is 6.42 Å². The second-order valence-electron chi connectivity index (χ2n) is 4.58. The van der Waals surface area contributed by atoms with Crippen LogP contribution in [0.1, 0.15) is 65.2 Å². The average Bonchev–Trinajstić information content (AvgIpc) is 2.36. The van der Waals surface area contributed by atoms with Crippen molar-refractivity contribution >= 4 is 17.3 Å². The summed E-state index contributed by atoms with van der Waals surface area (Å²) in [6.07, 6.45) is 0.735. The maximum Gasteiger partial charge on any atom is 0.165 e. The Hall–Kier alpha value is -1.77. The topological polar surface area (TPSA) is 51.2 Å². The van der Waals surface area contributed by atoms with E-state index >= 15 is 0 Å². The van der Waals surface area contributed by atoms with Crippen molar-refractivity contribution in [3.05, 3.63) is 34.9 Å². The number of rotatable bonds is 5. The molecule has 1 unspecified atom stereocenters.